The number of ether oxygens (including phenoxy) is 1. The van der Waals surface area contributed by atoms with Crippen LogP contribution in [-0.4, -0.2) is 54.4 Å². The van der Waals surface area contributed by atoms with Gasteiger partial charge in [0, 0.05) is 32.6 Å². The van der Waals surface area contributed by atoms with Crippen LogP contribution in [0.1, 0.15) is 68.1 Å². The Labute approximate surface area is 181 Å². The maximum Gasteiger partial charge on any atom is 0.260 e. The van der Waals surface area contributed by atoms with E-state index in [4.69, 9.17) is 4.74 Å². The van der Waals surface area contributed by atoms with Gasteiger partial charge in [-0.2, -0.15) is 0 Å². The van der Waals surface area contributed by atoms with Crippen LogP contribution in [0.3, 0.4) is 0 Å². The standard InChI is InChI=1S/C25H38N2O3/c1-19-10-11-20(2)25(21(19)3)30-18-24(29)27-15-7-14-26(16-17-27)23(28)13-12-22-8-5-4-6-9-22/h10-11,22H,4-9,12-18H2,1-3H3. The lowest BCUT2D eigenvalue weighted by Crippen LogP contribution is -2.39. The molecule has 1 aliphatic heterocycles. The summed E-state index contributed by atoms with van der Waals surface area (Å²) in [6, 6.07) is 4.11. The van der Waals surface area contributed by atoms with Crippen molar-refractivity contribution in [1.29, 1.82) is 0 Å². The molecule has 2 aliphatic rings. The van der Waals surface area contributed by atoms with Crippen molar-refractivity contribution in [3.05, 3.63) is 28.8 Å². The van der Waals surface area contributed by atoms with Gasteiger partial charge in [-0.15, -0.1) is 0 Å². The Morgan fingerprint density at radius 1 is 0.867 bits per heavy atom. The topological polar surface area (TPSA) is 49.9 Å². The van der Waals surface area contributed by atoms with Crippen LogP contribution in [-0.2, 0) is 9.59 Å². The van der Waals surface area contributed by atoms with Crippen molar-refractivity contribution in [3.8, 4) is 5.75 Å². The third-order valence-electron chi connectivity index (χ3n) is 6.91. The highest BCUT2D eigenvalue weighted by atomic mass is 16.5. The lowest BCUT2D eigenvalue weighted by molar-refractivity contribution is -0.135. The van der Waals surface area contributed by atoms with Gasteiger partial charge in [0.05, 0.1) is 0 Å². The first-order chi connectivity index (χ1) is 14.5. The Morgan fingerprint density at radius 3 is 2.20 bits per heavy atom. The monoisotopic (exact) mass is 414 g/mol. The van der Waals surface area contributed by atoms with Crippen LogP contribution in [0.5, 0.6) is 5.75 Å². The van der Waals surface area contributed by atoms with E-state index < -0.39 is 0 Å². The molecule has 2 fully saturated rings. The van der Waals surface area contributed by atoms with E-state index in [1.807, 2.05) is 29.7 Å². The van der Waals surface area contributed by atoms with Gasteiger partial charge >= 0.3 is 0 Å². The molecule has 1 saturated carbocycles. The van der Waals surface area contributed by atoms with Gasteiger partial charge in [0.2, 0.25) is 5.91 Å². The summed E-state index contributed by atoms with van der Waals surface area (Å²) in [6.07, 6.45) is 9.10. The molecule has 5 heteroatoms. The largest absolute Gasteiger partial charge is 0.483 e. The van der Waals surface area contributed by atoms with E-state index in [1.54, 1.807) is 0 Å². The zero-order valence-electron chi connectivity index (χ0n) is 19.0. The van der Waals surface area contributed by atoms with Crippen LogP contribution in [0.4, 0.5) is 0 Å². The molecule has 30 heavy (non-hydrogen) atoms. The fourth-order valence-corrected chi connectivity index (χ4v) is 4.75. The van der Waals surface area contributed by atoms with Gasteiger partial charge in [-0.3, -0.25) is 9.59 Å². The van der Waals surface area contributed by atoms with E-state index >= 15 is 0 Å². The van der Waals surface area contributed by atoms with E-state index in [-0.39, 0.29) is 18.4 Å². The van der Waals surface area contributed by atoms with Crippen molar-refractivity contribution in [2.24, 2.45) is 5.92 Å². The minimum absolute atomic E-state index is 0.00631. The molecule has 3 rings (SSSR count). The summed E-state index contributed by atoms with van der Waals surface area (Å²) in [6.45, 7) is 8.84. The van der Waals surface area contributed by atoms with Crippen LogP contribution in [0.2, 0.25) is 0 Å². The number of rotatable bonds is 6. The Hall–Kier alpha value is -2.04. The van der Waals surface area contributed by atoms with E-state index in [2.05, 4.69) is 13.0 Å². The van der Waals surface area contributed by atoms with Gasteiger partial charge in [-0.05, 0) is 56.2 Å². The lowest BCUT2D eigenvalue weighted by Gasteiger charge is -2.25. The van der Waals surface area contributed by atoms with Crippen LogP contribution in [0, 0.1) is 26.7 Å². The molecule has 0 spiro atoms. The highest BCUT2D eigenvalue weighted by Gasteiger charge is 2.23. The highest BCUT2D eigenvalue weighted by Crippen LogP contribution is 2.28. The second-order valence-electron chi connectivity index (χ2n) is 9.10. The van der Waals surface area contributed by atoms with E-state index in [0.717, 1.165) is 42.2 Å². The first-order valence-corrected chi connectivity index (χ1v) is 11.7. The van der Waals surface area contributed by atoms with Gasteiger partial charge in [0.25, 0.3) is 5.91 Å². The number of nitrogens with zero attached hydrogens (tertiary/aromatic N) is 2. The van der Waals surface area contributed by atoms with E-state index in [9.17, 15) is 9.59 Å². The molecule has 0 atom stereocenters. The quantitative estimate of drug-likeness (QED) is 0.693. The van der Waals surface area contributed by atoms with Gasteiger partial charge in [-0.1, -0.05) is 44.2 Å². The summed E-state index contributed by atoms with van der Waals surface area (Å²) in [5.41, 5.74) is 3.31. The van der Waals surface area contributed by atoms with Crippen LogP contribution in [0.15, 0.2) is 12.1 Å². The van der Waals surface area contributed by atoms with Crippen LogP contribution >= 0.6 is 0 Å². The Morgan fingerprint density at radius 2 is 1.50 bits per heavy atom. The molecule has 2 amide bonds. The van der Waals surface area contributed by atoms with Gasteiger partial charge in [0.15, 0.2) is 6.61 Å². The number of amides is 2. The normalized spacial score (nSPS) is 18.2. The van der Waals surface area contributed by atoms with Crippen molar-refractivity contribution < 1.29 is 14.3 Å². The molecule has 0 radical (unpaired) electrons. The molecule has 1 aliphatic carbocycles. The molecule has 0 N–H and O–H groups in total. The smallest absolute Gasteiger partial charge is 0.260 e. The van der Waals surface area contributed by atoms with Crippen molar-refractivity contribution >= 4 is 11.8 Å². The van der Waals surface area contributed by atoms with Crippen molar-refractivity contribution in [2.45, 2.75) is 72.1 Å². The number of carbonyl (C=O) groups is 2. The Kier molecular flexibility index (Phi) is 8.17. The maximum atomic E-state index is 12.7. The van der Waals surface area contributed by atoms with Crippen molar-refractivity contribution in [2.75, 3.05) is 32.8 Å². The molecular formula is C25H38N2O3. The minimum atomic E-state index is 0.00631. The number of carbonyl (C=O) groups excluding carboxylic acids is 2. The lowest BCUT2D eigenvalue weighted by atomic mass is 9.86. The fourth-order valence-electron chi connectivity index (χ4n) is 4.75. The predicted octanol–water partition coefficient (Wildman–Crippen LogP) is 4.41. The summed E-state index contributed by atoms with van der Waals surface area (Å²) in [5.74, 6) is 1.82. The Balaban J connectivity index is 1.45. The van der Waals surface area contributed by atoms with Crippen LogP contribution in [0.25, 0.3) is 0 Å². The molecule has 0 bridgehead atoms. The zero-order chi connectivity index (χ0) is 21.5. The Bertz CT molecular complexity index is 740. The SMILES string of the molecule is Cc1ccc(C)c(OCC(=O)N2CCCN(C(=O)CCC3CCCCC3)CC2)c1C. The predicted molar refractivity (Wildman–Crippen MR) is 120 cm³/mol. The summed E-state index contributed by atoms with van der Waals surface area (Å²) in [4.78, 5) is 29.2. The molecule has 1 heterocycles. The number of hydrogen-bond donors (Lipinski definition) is 0. The number of hydrogen-bond acceptors (Lipinski definition) is 3. The molecule has 0 unspecified atom stereocenters. The number of aryl methyl sites for hydroxylation is 2. The van der Waals surface area contributed by atoms with Crippen LogP contribution < -0.4 is 4.74 Å². The fraction of sp³-hybridized carbons (Fsp3) is 0.680. The van der Waals surface area contributed by atoms with Gasteiger partial charge in [-0.25, -0.2) is 0 Å². The third-order valence-corrected chi connectivity index (χ3v) is 6.91. The third kappa shape index (κ3) is 5.99. The summed E-state index contributed by atoms with van der Waals surface area (Å²) in [7, 11) is 0. The van der Waals surface area contributed by atoms with Gasteiger partial charge < -0.3 is 14.5 Å². The van der Waals surface area contributed by atoms with E-state index in [0.29, 0.717) is 26.1 Å². The summed E-state index contributed by atoms with van der Waals surface area (Å²) >= 11 is 0. The molecule has 0 aromatic heterocycles. The summed E-state index contributed by atoms with van der Waals surface area (Å²) < 4.78 is 5.91. The first kappa shape index (κ1) is 22.6. The maximum absolute atomic E-state index is 12.7. The minimum Gasteiger partial charge on any atom is -0.483 e. The van der Waals surface area contributed by atoms with E-state index in [1.165, 1.54) is 37.7 Å². The molecular weight excluding hydrogens is 376 g/mol. The van der Waals surface area contributed by atoms with Crippen molar-refractivity contribution in [3.63, 3.8) is 0 Å². The zero-order valence-corrected chi connectivity index (χ0v) is 19.0. The average Bonchev–Trinajstić information content (AvgIpc) is 3.02. The summed E-state index contributed by atoms with van der Waals surface area (Å²) in [5, 5.41) is 0. The molecule has 1 saturated heterocycles. The molecule has 166 valence electrons. The average molecular weight is 415 g/mol. The molecule has 1 aromatic rings. The van der Waals surface area contributed by atoms with Gasteiger partial charge in [0.1, 0.15) is 5.75 Å². The number of benzene rings is 1. The highest BCUT2D eigenvalue weighted by molar-refractivity contribution is 5.79. The molecule has 1 aromatic carbocycles. The first-order valence-electron chi connectivity index (χ1n) is 11.7. The second kappa shape index (κ2) is 10.8. The van der Waals surface area contributed by atoms with Crippen molar-refractivity contribution in [1.82, 2.24) is 9.80 Å². The molecule has 5 nitrogen and oxygen atoms in total. The second-order valence-corrected chi connectivity index (χ2v) is 9.10.